The first-order valence-corrected chi connectivity index (χ1v) is 7.30. The van der Waals surface area contributed by atoms with Gasteiger partial charge >= 0.3 is 0 Å². The lowest BCUT2D eigenvalue weighted by Crippen LogP contribution is -2.15. The Morgan fingerprint density at radius 3 is 2.84 bits per heavy atom. The topological polar surface area (TPSA) is 59.2 Å². The van der Waals surface area contributed by atoms with E-state index < -0.39 is 0 Å². The summed E-state index contributed by atoms with van der Waals surface area (Å²) in [7, 11) is 0. The Morgan fingerprint density at radius 2 is 2.16 bits per heavy atom. The minimum atomic E-state index is -0.340. The zero-order valence-corrected chi connectivity index (χ0v) is 12.1. The Kier molecular flexibility index (Phi) is 4.61. The highest BCUT2D eigenvalue weighted by atomic mass is 32.2. The van der Waals surface area contributed by atoms with E-state index in [1.54, 1.807) is 18.7 Å². The molecule has 0 fully saturated rings. The molecule has 0 aliphatic heterocycles. The fraction of sp³-hybridized carbons (Fsp3) is 0.429. The Labute approximate surface area is 117 Å². The summed E-state index contributed by atoms with van der Waals surface area (Å²) >= 11 is 1.61. The zero-order valence-electron chi connectivity index (χ0n) is 11.3. The number of benzene rings is 1. The Bertz CT molecular complexity index is 540. The Morgan fingerprint density at radius 1 is 1.37 bits per heavy atom. The van der Waals surface area contributed by atoms with Gasteiger partial charge in [0.05, 0.1) is 11.9 Å². The first-order valence-electron chi connectivity index (χ1n) is 6.25. The molecule has 5 heteroatoms. The summed E-state index contributed by atoms with van der Waals surface area (Å²) in [6.07, 6.45) is -0.340. The van der Waals surface area contributed by atoms with Crippen LogP contribution in [0.1, 0.15) is 25.2 Å². The van der Waals surface area contributed by atoms with Gasteiger partial charge in [0.25, 0.3) is 5.89 Å². The molecule has 1 aromatic heterocycles. The fourth-order valence-corrected chi connectivity index (χ4v) is 2.36. The molecule has 2 atom stereocenters. The number of rotatable bonds is 5. The van der Waals surface area contributed by atoms with Gasteiger partial charge in [0.2, 0.25) is 0 Å². The second-order valence-electron chi connectivity index (χ2n) is 4.64. The van der Waals surface area contributed by atoms with Crippen molar-refractivity contribution < 1.29 is 9.63 Å². The van der Waals surface area contributed by atoms with Crippen molar-refractivity contribution in [1.82, 2.24) is 10.1 Å². The maximum absolute atomic E-state index is 9.43. The lowest BCUT2D eigenvalue weighted by molar-refractivity contribution is 0.196. The van der Waals surface area contributed by atoms with E-state index in [0.29, 0.717) is 17.5 Å². The van der Waals surface area contributed by atoms with Crippen molar-refractivity contribution in [1.29, 1.82) is 0 Å². The van der Waals surface area contributed by atoms with Gasteiger partial charge < -0.3 is 9.63 Å². The maximum Gasteiger partial charge on any atom is 0.257 e. The van der Waals surface area contributed by atoms with Crippen LogP contribution in [0.4, 0.5) is 0 Å². The molecule has 0 aliphatic carbocycles. The van der Waals surface area contributed by atoms with Gasteiger partial charge in [-0.2, -0.15) is 4.98 Å². The van der Waals surface area contributed by atoms with Gasteiger partial charge in [0.1, 0.15) is 0 Å². The monoisotopic (exact) mass is 278 g/mol. The van der Waals surface area contributed by atoms with Crippen LogP contribution in [0.25, 0.3) is 11.5 Å². The van der Waals surface area contributed by atoms with Crippen LogP contribution in [-0.4, -0.2) is 26.6 Å². The summed E-state index contributed by atoms with van der Waals surface area (Å²) in [6, 6.07) is 7.97. The summed E-state index contributed by atoms with van der Waals surface area (Å²) in [5, 5.41) is 13.5. The standard InChI is InChI=1S/C14H18N2O2S/c1-9-5-4-6-12(7-9)14-15-13(16-18-14)8-19-11(3)10(2)17/h4-7,10-11,17H,8H2,1-3H3. The van der Waals surface area contributed by atoms with Gasteiger partial charge in [-0.05, 0) is 26.0 Å². The smallest absolute Gasteiger partial charge is 0.257 e. The van der Waals surface area contributed by atoms with Crippen LogP contribution in [0.3, 0.4) is 0 Å². The molecule has 102 valence electrons. The van der Waals surface area contributed by atoms with E-state index in [9.17, 15) is 5.11 Å². The normalized spacial score (nSPS) is 14.3. The molecule has 0 aliphatic rings. The van der Waals surface area contributed by atoms with Crippen LogP contribution >= 0.6 is 11.8 Å². The molecule has 0 amide bonds. The minimum Gasteiger partial charge on any atom is -0.392 e. The van der Waals surface area contributed by atoms with Crippen LogP contribution in [0.5, 0.6) is 0 Å². The number of hydrogen-bond donors (Lipinski definition) is 1. The Balaban J connectivity index is 2.03. The second-order valence-corrected chi connectivity index (χ2v) is 6.01. The summed E-state index contributed by atoms with van der Waals surface area (Å²) < 4.78 is 5.26. The third kappa shape index (κ3) is 3.81. The molecule has 0 saturated heterocycles. The van der Waals surface area contributed by atoms with Crippen molar-refractivity contribution in [3.63, 3.8) is 0 Å². The minimum absolute atomic E-state index is 0.154. The van der Waals surface area contributed by atoms with E-state index in [2.05, 4.69) is 10.1 Å². The number of aromatic nitrogens is 2. The maximum atomic E-state index is 9.43. The second kappa shape index (κ2) is 6.21. The van der Waals surface area contributed by atoms with E-state index in [1.165, 1.54) is 0 Å². The molecule has 1 heterocycles. The first kappa shape index (κ1) is 14.1. The van der Waals surface area contributed by atoms with Crippen LogP contribution in [-0.2, 0) is 5.75 Å². The number of aliphatic hydroxyl groups excluding tert-OH is 1. The third-order valence-electron chi connectivity index (χ3n) is 2.89. The molecule has 0 spiro atoms. The quantitative estimate of drug-likeness (QED) is 0.911. The molecule has 4 nitrogen and oxygen atoms in total. The summed E-state index contributed by atoms with van der Waals surface area (Å²) in [6.45, 7) is 5.80. The molecule has 19 heavy (non-hydrogen) atoms. The molecule has 1 aromatic carbocycles. The lowest BCUT2D eigenvalue weighted by atomic mass is 10.1. The highest BCUT2D eigenvalue weighted by Gasteiger charge is 2.13. The largest absolute Gasteiger partial charge is 0.392 e. The molecule has 1 N–H and O–H groups in total. The van der Waals surface area contributed by atoms with Crippen LogP contribution in [0.15, 0.2) is 28.8 Å². The number of aliphatic hydroxyl groups is 1. The molecular weight excluding hydrogens is 260 g/mol. The van der Waals surface area contributed by atoms with Crippen molar-refractivity contribution in [3.05, 3.63) is 35.7 Å². The highest BCUT2D eigenvalue weighted by Crippen LogP contribution is 2.22. The molecule has 2 unspecified atom stereocenters. The van der Waals surface area contributed by atoms with E-state index >= 15 is 0 Å². The van der Waals surface area contributed by atoms with Crippen molar-refractivity contribution in [3.8, 4) is 11.5 Å². The number of nitrogens with zero attached hydrogens (tertiary/aromatic N) is 2. The van der Waals surface area contributed by atoms with E-state index in [1.807, 2.05) is 38.1 Å². The first-order chi connectivity index (χ1) is 9.06. The summed E-state index contributed by atoms with van der Waals surface area (Å²) in [5.74, 6) is 1.85. The van der Waals surface area contributed by atoms with Gasteiger partial charge in [-0.25, -0.2) is 0 Å². The van der Waals surface area contributed by atoms with E-state index in [-0.39, 0.29) is 11.4 Å². The van der Waals surface area contributed by atoms with Crippen LogP contribution in [0.2, 0.25) is 0 Å². The third-order valence-corrected chi connectivity index (χ3v) is 4.23. The van der Waals surface area contributed by atoms with Crippen molar-refractivity contribution in [2.75, 3.05) is 0 Å². The van der Waals surface area contributed by atoms with Crippen molar-refractivity contribution in [2.24, 2.45) is 0 Å². The van der Waals surface area contributed by atoms with Crippen molar-refractivity contribution in [2.45, 2.75) is 37.9 Å². The zero-order chi connectivity index (χ0) is 13.8. The average molecular weight is 278 g/mol. The van der Waals surface area contributed by atoms with Gasteiger partial charge in [-0.1, -0.05) is 29.8 Å². The fourth-order valence-electron chi connectivity index (χ4n) is 1.55. The average Bonchev–Trinajstić information content (AvgIpc) is 2.84. The van der Waals surface area contributed by atoms with Gasteiger partial charge in [-0.3, -0.25) is 0 Å². The predicted octanol–water partition coefficient (Wildman–Crippen LogP) is 3.05. The molecule has 0 saturated carbocycles. The number of aryl methyl sites for hydroxylation is 1. The van der Waals surface area contributed by atoms with Gasteiger partial charge in [0, 0.05) is 10.8 Å². The Hall–Kier alpha value is -1.33. The van der Waals surface area contributed by atoms with Crippen LogP contribution in [0, 0.1) is 6.92 Å². The highest BCUT2D eigenvalue weighted by molar-refractivity contribution is 7.99. The van der Waals surface area contributed by atoms with Gasteiger partial charge in [0.15, 0.2) is 5.82 Å². The molecule has 2 aromatic rings. The van der Waals surface area contributed by atoms with Crippen molar-refractivity contribution >= 4 is 11.8 Å². The molecule has 0 radical (unpaired) electrons. The van der Waals surface area contributed by atoms with Gasteiger partial charge in [-0.15, -0.1) is 11.8 Å². The lowest BCUT2D eigenvalue weighted by Gasteiger charge is -2.11. The molecular formula is C14H18N2O2S. The molecule has 2 rings (SSSR count). The summed E-state index contributed by atoms with van der Waals surface area (Å²) in [4.78, 5) is 4.37. The van der Waals surface area contributed by atoms with E-state index in [4.69, 9.17) is 4.52 Å². The predicted molar refractivity (Wildman–Crippen MR) is 76.9 cm³/mol. The SMILES string of the molecule is Cc1cccc(-c2nc(CSC(C)C(C)O)no2)c1. The number of hydrogen-bond acceptors (Lipinski definition) is 5. The summed E-state index contributed by atoms with van der Waals surface area (Å²) in [5.41, 5.74) is 2.10. The number of thioether (sulfide) groups is 1. The van der Waals surface area contributed by atoms with E-state index in [0.717, 1.165) is 11.1 Å². The molecule has 0 bridgehead atoms. The van der Waals surface area contributed by atoms with Crippen LogP contribution < -0.4 is 0 Å².